The van der Waals surface area contributed by atoms with E-state index in [1.165, 1.54) is 10.8 Å². The van der Waals surface area contributed by atoms with Crippen LogP contribution in [0.3, 0.4) is 0 Å². The van der Waals surface area contributed by atoms with Gasteiger partial charge in [0.2, 0.25) is 5.89 Å². The Balaban J connectivity index is 1.23. The molecule has 168 valence electrons. The molecule has 0 radical (unpaired) electrons. The lowest BCUT2D eigenvalue weighted by Gasteiger charge is -2.34. The standard InChI is InChI=1S/C27H27N3O3/c1-19-25(28-26(33-19)22-11-10-20-6-3-4-7-21(20)16-22)18-29-12-14-30(15-13-29)27(31)23-8-5-9-24(17-23)32-2/h3-11,16-17H,12-15,18H2,1-2H3. The molecular formula is C27H27N3O3. The van der Waals surface area contributed by atoms with Crippen LogP contribution in [0, 0.1) is 6.92 Å². The van der Waals surface area contributed by atoms with Crippen LogP contribution >= 0.6 is 0 Å². The number of nitrogens with zero attached hydrogens (tertiary/aromatic N) is 3. The van der Waals surface area contributed by atoms with Crippen LogP contribution in [0.2, 0.25) is 0 Å². The second kappa shape index (κ2) is 9.08. The first-order valence-corrected chi connectivity index (χ1v) is 11.2. The number of benzene rings is 3. The number of aryl methyl sites for hydroxylation is 1. The number of carbonyl (C=O) groups excluding carboxylic acids is 1. The van der Waals surface area contributed by atoms with Crippen LogP contribution in [0.5, 0.6) is 5.75 Å². The van der Waals surface area contributed by atoms with E-state index in [-0.39, 0.29) is 5.91 Å². The first-order valence-electron chi connectivity index (χ1n) is 11.2. The predicted molar refractivity (Wildman–Crippen MR) is 128 cm³/mol. The van der Waals surface area contributed by atoms with Gasteiger partial charge in [-0.05, 0) is 48.0 Å². The van der Waals surface area contributed by atoms with Gasteiger partial charge in [0.1, 0.15) is 11.5 Å². The molecule has 6 heteroatoms. The summed E-state index contributed by atoms with van der Waals surface area (Å²) < 4.78 is 11.3. The number of oxazole rings is 1. The lowest BCUT2D eigenvalue weighted by molar-refractivity contribution is 0.0626. The minimum atomic E-state index is 0.0461. The molecule has 6 nitrogen and oxygen atoms in total. The van der Waals surface area contributed by atoms with Crippen molar-refractivity contribution in [3.8, 4) is 17.2 Å². The van der Waals surface area contributed by atoms with Gasteiger partial charge in [0, 0.05) is 43.9 Å². The zero-order chi connectivity index (χ0) is 22.8. The van der Waals surface area contributed by atoms with Crippen molar-refractivity contribution in [1.82, 2.24) is 14.8 Å². The van der Waals surface area contributed by atoms with Gasteiger partial charge in [-0.2, -0.15) is 0 Å². The topological polar surface area (TPSA) is 58.8 Å². The zero-order valence-corrected chi connectivity index (χ0v) is 19.0. The lowest BCUT2D eigenvalue weighted by Crippen LogP contribution is -2.48. The van der Waals surface area contributed by atoms with Gasteiger partial charge in [0.05, 0.1) is 12.8 Å². The van der Waals surface area contributed by atoms with E-state index >= 15 is 0 Å². The molecule has 1 saturated heterocycles. The van der Waals surface area contributed by atoms with Crippen LogP contribution < -0.4 is 4.74 Å². The molecule has 1 fully saturated rings. The molecule has 0 spiro atoms. The molecule has 5 rings (SSSR count). The molecule has 0 aliphatic carbocycles. The monoisotopic (exact) mass is 441 g/mol. The Morgan fingerprint density at radius 2 is 1.76 bits per heavy atom. The highest BCUT2D eigenvalue weighted by Gasteiger charge is 2.24. The molecule has 1 aliphatic heterocycles. The third kappa shape index (κ3) is 4.47. The Morgan fingerprint density at radius 3 is 2.55 bits per heavy atom. The average molecular weight is 442 g/mol. The molecule has 3 aromatic carbocycles. The van der Waals surface area contributed by atoms with Gasteiger partial charge in [-0.3, -0.25) is 9.69 Å². The lowest BCUT2D eigenvalue weighted by atomic mass is 10.1. The fourth-order valence-electron chi connectivity index (χ4n) is 4.28. The summed E-state index contributed by atoms with van der Waals surface area (Å²) in [5.41, 5.74) is 2.60. The Bertz CT molecular complexity index is 1290. The Morgan fingerprint density at radius 1 is 0.970 bits per heavy atom. The smallest absolute Gasteiger partial charge is 0.254 e. The van der Waals surface area contributed by atoms with E-state index in [1.54, 1.807) is 13.2 Å². The minimum Gasteiger partial charge on any atom is -0.497 e. The SMILES string of the molecule is COc1cccc(C(=O)N2CCN(Cc3nc(-c4ccc5ccccc5c4)oc3C)CC2)c1. The number of piperazine rings is 1. The zero-order valence-electron chi connectivity index (χ0n) is 19.0. The molecule has 0 saturated carbocycles. The van der Waals surface area contributed by atoms with Gasteiger partial charge in [-0.1, -0.05) is 36.4 Å². The normalized spacial score (nSPS) is 14.5. The van der Waals surface area contributed by atoms with Gasteiger partial charge in [0.15, 0.2) is 0 Å². The predicted octanol–water partition coefficient (Wildman–Crippen LogP) is 4.77. The quantitative estimate of drug-likeness (QED) is 0.447. The van der Waals surface area contributed by atoms with Crippen molar-refractivity contribution in [2.24, 2.45) is 0 Å². The molecule has 1 amide bonds. The van der Waals surface area contributed by atoms with Crippen LogP contribution in [-0.4, -0.2) is 54.0 Å². The fraction of sp³-hybridized carbons (Fsp3) is 0.259. The van der Waals surface area contributed by atoms with Crippen molar-refractivity contribution >= 4 is 16.7 Å². The summed E-state index contributed by atoms with van der Waals surface area (Å²) in [5.74, 6) is 2.24. The van der Waals surface area contributed by atoms with E-state index in [1.807, 2.05) is 42.2 Å². The molecule has 0 N–H and O–H groups in total. The van der Waals surface area contributed by atoms with Crippen molar-refractivity contribution in [3.05, 3.63) is 83.7 Å². The van der Waals surface area contributed by atoms with Crippen LogP contribution in [-0.2, 0) is 6.54 Å². The van der Waals surface area contributed by atoms with Crippen molar-refractivity contribution in [2.75, 3.05) is 33.3 Å². The van der Waals surface area contributed by atoms with Crippen LogP contribution in [0.4, 0.5) is 0 Å². The van der Waals surface area contributed by atoms with Crippen LogP contribution in [0.25, 0.3) is 22.2 Å². The number of rotatable bonds is 5. The third-order valence-electron chi connectivity index (χ3n) is 6.24. The maximum atomic E-state index is 12.9. The maximum absolute atomic E-state index is 12.9. The molecule has 2 heterocycles. The van der Waals surface area contributed by atoms with Gasteiger partial charge in [0.25, 0.3) is 5.91 Å². The van der Waals surface area contributed by atoms with Crippen molar-refractivity contribution in [2.45, 2.75) is 13.5 Å². The van der Waals surface area contributed by atoms with Crippen molar-refractivity contribution in [3.63, 3.8) is 0 Å². The van der Waals surface area contributed by atoms with Gasteiger partial charge in [-0.25, -0.2) is 4.98 Å². The minimum absolute atomic E-state index is 0.0461. The molecule has 1 aromatic heterocycles. The van der Waals surface area contributed by atoms with Gasteiger partial charge >= 0.3 is 0 Å². The number of methoxy groups -OCH3 is 1. The summed E-state index contributed by atoms with van der Waals surface area (Å²) in [6.45, 7) is 5.65. The van der Waals surface area contributed by atoms with Crippen LogP contribution in [0.15, 0.2) is 71.1 Å². The third-order valence-corrected chi connectivity index (χ3v) is 6.24. The number of aromatic nitrogens is 1. The Kier molecular flexibility index (Phi) is 5.84. The number of carbonyl (C=O) groups is 1. The fourth-order valence-corrected chi connectivity index (χ4v) is 4.28. The summed E-state index contributed by atoms with van der Waals surface area (Å²) in [5, 5.41) is 2.37. The highest BCUT2D eigenvalue weighted by Crippen LogP contribution is 2.26. The molecular weight excluding hydrogens is 414 g/mol. The summed E-state index contributed by atoms with van der Waals surface area (Å²) >= 11 is 0. The second-order valence-corrected chi connectivity index (χ2v) is 8.38. The van der Waals surface area contributed by atoms with E-state index in [9.17, 15) is 4.79 Å². The average Bonchev–Trinajstić information content (AvgIpc) is 3.23. The molecule has 0 atom stereocenters. The molecule has 33 heavy (non-hydrogen) atoms. The van der Waals surface area contributed by atoms with E-state index in [2.05, 4.69) is 35.2 Å². The Hall–Kier alpha value is -3.64. The van der Waals surface area contributed by atoms with Gasteiger partial charge in [-0.15, -0.1) is 0 Å². The number of ether oxygens (including phenoxy) is 1. The van der Waals surface area contributed by atoms with Crippen molar-refractivity contribution in [1.29, 1.82) is 0 Å². The van der Waals surface area contributed by atoms with Crippen molar-refractivity contribution < 1.29 is 13.9 Å². The summed E-state index contributed by atoms with van der Waals surface area (Å²) in [6.07, 6.45) is 0. The highest BCUT2D eigenvalue weighted by atomic mass is 16.5. The summed E-state index contributed by atoms with van der Waals surface area (Å²) in [6, 6.07) is 21.9. The highest BCUT2D eigenvalue weighted by molar-refractivity contribution is 5.94. The van der Waals surface area contributed by atoms with E-state index < -0.39 is 0 Å². The Labute approximate surface area is 193 Å². The molecule has 0 bridgehead atoms. The molecule has 4 aromatic rings. The molecule has 1 aliphatic rings. The number of hydrogen-bond acceptors (Lipinski definition) is 5. The summed E-state index contributed by atoms with van der Waals surface area (Å²) in [4.78, 5) is 21.9. The van der Waals surface area contributed by atoms with Gasteiger partial charge < -0.3 is 14.1 Å². The number of hydrogen-bond donors (Lipinski definition) is 0. The van der Waals surface area contributed by atoms with E-state index in [0.717, 1.165) is 30.1 Å². The van der Waals surface area contributed by atoms with E-state index in [4.69, 9.17) is 14.1 Å². The van der Waals surface area contributed by atoms with Crippen LogP contribution in [0.1, 0.15) is 21.8 Å². The largest absolute Gasteiger partial charge is 0.497 e. The summed E-state index contributed by atoms with van der Waals surface area (Å²) in [7, 11) is 1.61. The first-order chi connectivity index (χ1) is 16.1. The maximum Gasteiger partial charge on any atom is 0.254 e. The van der Waals surface area contributed by atoms with E-state index in [0.29, 0.717) is 36.8 Å². The second-order valence-electron chi connectivity index (χ2n) is 8.38. The number of fused-ring (bicyclic) bond motifs is 1. The number of amides is 1. The first kappa shape index (κ1) is 21.2. The molecule has 0 unspecified atom stereocenters.